The first-order chi connectivity index (χ1) is 16.4. The first-order valence-corrected chi connectivity index (χ1v) is 12.7. The van der Waals surface area contributed by atoms with Gasteiger partial charge in [0, 0.05) is 25.9 Å². The largest absolute Gasteiger partial charge is 0.497 e. The second-order valence-electron chi connectivity index (χ2n) is 8.12. The van der Waals surface area contributed by atoms with E-state index in [0.717, 1.165) is 19.5 Å². The Labute approximate surface area is 200 Å². The molecule has 9 nitrogen and oxygen atoms in total. The van der Waals surface area contributed by atoms with E-state index in [0.29, 0.717) is 30.3 Å². The van der Waals surface area contributed by atoms with Gasteiger partial charge in [-0.2, -0.15) is 0 Å². The summed E-state index contributed by atoms with van der Waals surface area (Å²) in [4.78, 5) is 12.7. The molecule has 0 aromatic heterocycles. The van der Waals surface area contributed by atoms with Crippen LogP contribution in [0.1, 0.15) is 25.3 Å². The zero-order valence-electron chi connectivity index (χ0n) is 19.5. The van der Waals surface area contributed by atoms with E-state index in [2.05, 4.69) is 5.32 Å². The molecule has 1 saturated heterocycles. The summed E-state index contributed by atoms with van der Waals surface area (Å²) in [6.45, 7) is 4.45. The van der Waals surface area contributed by atoms with Crippen molar-refractivity contribution in [3.8, 4) is 11.5 Å². The molecule has 186 valence electrons. The van der Waals surface area contributed by atoms with Crippen LogP contribution in [0.2, 0.25) is 0 Å². The van der Waals surface area contributed by atoms with Crippen molar-refractivity contribution in [2.45, 2.75) is 41.9 Å². The molecule has 2 atom stereocenters. The quantitative estimate of drug-likeness (QED) is 0.322. The Morgan fingerprint density at radius 2 is 1.85 bits per heavy atom. The average Bonchev–Trinajstić information content (AvgIpc) is 2.88. The van der Waals surface area contributed by atoms with Crippen LogP contribution >= 0.6 is 0 Å². The van der Waals surface area contributed by atoms with Gasteiger partial charge in [-0.15, -0.1) is 0 Å². The number of sulfone groups is 1. The fourth-order valence-electron chi connectivity index (χ4n) is 4.00. The number of carbonyl (C=O) groups excluding carboxylic acids is 1. The maximum atomic E-state index is 13.6. The van der Waals surface area contributed by atoms with Gasteiger partial charge in [-0.25, -0.2) is 13.9 Å². The molecule has 2 unspecified atom stereocenters. The monoisotopic (exact) mass is 492 g/mol. The van der Waals surface area contributed by atoms with E-state index >= 15 is 0 Å². The zero-order valence-corrected chi connectivity index (χ0v) is 20.3. The number of amides is 1. The molecule has 1 aliphatic heterocycles. The van der Waals surface area contributed by atoms with Crippen LogP contribution in [-0.2, 0) is 25.8 Å². The number of hydrogen-bond acceptors (Lipinski definition) is 8. The minimum atomic E-state index is -4.16. The van der Waals surface area contributed by atoms with Crippen LogP contribution in [0.3, 0.4) is 0 Å². The van der Waals surface area contributed by atoms with Crippen molar-refractivity contribution < 1.29 is 32.6 Å². The third-order valence-electron chi connectivity index (χ3n) is 6.10. The molecule has 2 aromatic rings. The number of methoxy groups -OCH3 is 1. The standard InChI is InChI=1S/C24H32N2O7S/c1-3-24(23(27)26-28,34(29,30)22-10-8-19(31-2)9-11-22)16-18-4-6-20(7-5-18)32-14-12-21-17-25-13-15-33-21/h4-11,21,25,28H,3,12-17H2,1-2H3,(H,26,27). The Morgan fingerprint density at radius 3 is 2.41 bits per heavy atom. The fraction of sp³-hybridized carbons (Fsp3) is 0.458. The number of morpholine rings is 1. The molecule has 3 rings (SSSR count). The van der Waals surface area contributed by atoms with E-state index in [1.165, 1.54) is 31.4 Å². The number of hydroxylamine groups is 1. The van der Waals surface area contributed by atoms with Gasteiger partial charge in [0.1, 0.15) is 11.5 Å². The van der Waals surface area contributed by atoms with Crippen LogP contribution < -0.4 is 20.3 Å². The molecule has 1 fully saturated rings. The number of carbonyl (C=O) groups is 1. The maximum absolute atomic E-state index is 13.6. The second kappa shape index (κ2) is 11.7. The lowest BCUT2D eigenvalue weighted by molar-refractivity contribution is -0.132. The number of hydrogen-bond donors (Lipinski definition) is 3. The normalized spacial score (nSPS) is 18.0. The molecule has 1 aliphatic rings. The van der Waals surface area contributed by atoms with Crippen LogP contribution in [-0.4, -0.2) is 63.8 Å². The van der Waals surface area contributed by atoms with Gasteiger partial charge in [0.05, 0.1) is 31.3 Å². The van der Waals surface area contributed by atoms with Gasteiger partial charge in [0.2, 0.25) is 0 Å². The average molecular weight is 493 g/mol. The summed E-state index contributed by atoms with van der Waals surface area (Å²) < 4.78 is 41.8. The smallest absolute Gasteiger partial charge is 0.265 e. The molecule has 0 radical (unpaired) electrons. The highest BCUT2D eigenvalue weighted by molar-refractivity contribution is 7.93. The highest BCUT2D eigenvalue weighted by atomic mass is 32.2. The number of nitrogens with one attached hydrogen (secondary N) is 2. The minimum absolute atomic E-state index is 0.0295. The summed E-state index contributed by atoms with van der Waals surface area (Å²) in [5, 5.41) is 12.7. The summed E-state index contributed by atoms with van der Waals surface area (Å²) in [5.74, 6) is 0.154. The summed E-state index contributed by atoms with van der Waals surface area (Å²) in [7, 11) is -2.68. The molecular formula is C24H32N2O7S. The van der Waals surface area contributed by atoms with E-state index in [4.69, 9.17) is 14.2 Å². The molecule has 0 bridgehead atoms. The van der Waals surface area contributed by atoms with E-state index < -0.39 is 20.5 Å². The Kier molecular flexibility index (Phi) is 8.90. The van der Waals surface area contributed by atoms with Crippen molar-refractivity contribution in [3.63, 3.8) is 0 Å². The van der Waals surface area contributed by atoms with Crippen LogP contribution in [0, 0.1) is 0 Å². The van der Waals surface area contributed by atoms with Crippen molar-refractivity contribution in [3.05, 3.63) is 54.1 Å². The molecule has 0 spiro atoms. The van der Waals surface area contributed by atoms with Crippen molar-refractivity contribution in [2.75, 3.05) is 33.4 Å². The fourth-order valence-corrected chi connectivity index (χ4v) is 5.97. The Morgan fingerprint density at radius 1 is 1.18 bits per heavy atom. The van der Waals surface area contributed by atoms with E-state index in [9.17, 15) is 18.4 Å². The predicted octanol–water partition coefficient (Wildman–Crippen LogP) is 2.12. The van der Waals surface area contributed by atoms with Crippen molar-refractivity contribution in [1.82, 2.24) is 10.8 Å². The highest BCUT2D eigenvalue weighted by Gasteiger charge is 2.50. The molecule has 0 saturated carbocycles. The molecule has 3 N–H and O–H groups in total. The third kappa shape index (κ3) is 5.69. The molecular weight excluding hydrogens is 460 g/mol. The van der Waals surface area contributed by atoms with Crippen LogP contribution in [0.15, 0.2) is 53.4 Å². The van der Waals surface area contributed by atoms with Gasteiger partial charge >= 0.3 is 0 Å². The number of rotatable bonds is 11. The van der Waals surface area contributed by atoms with Crippen molar-refractivity contribution >= 4 is 15.7 Å². The first-order valence-electron chi connectivity index (χ1n) is 11.2. The topological polar surface area (TPSA) is 123 Å². The number of ether oxygens (including phenoxy) is 3. The van der Waals surface area contributed by atoms with E-state index in [1.54, 1.807) is 36.7 Å². The lowest BCUT2D eigenvalue weighted by Gasteiger charge is -2.30. The van der Waals surface area contributed by atoms with Crippen LogP contribution in [0.5, 0.6) is 11.5 Å². The maximum Gasteiger partial charge on any atom is 0.265 e. The van der Waals surface area contributed by atoms with Crippen LogP contribution in [0.25, 0.3) is 0 Å². The van der Waals surface area contributed by atoms with Gasteiger partial charge in [-0.05, 0) is 48.4 Å². The highest BCUT2D eigenvalue weighted by Crippen LogP contribution is 2.34. The minimum Gasteiger partial charge on any atom is -0.497 e. The summed E-state index contributed by atoms with van der Waals surface area (Å²) in [5.41, 5.74) is 2.18. The SMILES string of the molecule is CCC(Cc1ccc(OCCC2CNCCO2)cc1)(C(=O)NO)S(=O)(=O)c1ccc(OC)cc1. The lowest BCUT2D eigenvalue weighted by Crippen LogP contribution is -2.53. The van der Waals surface area contributed by atoms with Gasteiger partial charge in [0.15, 0.2) is 14.6 Å². The molecule has 0 aliphatic carbocycles. The van der Waals surface area contributed by atoms with Gasteiger partial charge in [-0.1, -0.05) is 19.1 Å². The third-order valence-corrected chi connectivity index (χ3v) is 8.64. The molecule has 2 aromatic carbocycles. The van der Waals surface area contributed by atoms with Gasteiger partial charge in [-0.3, -0.25) is 10.0 Å². The molecule has 10 heteroatoms. The molecule has 1 amide bonds. The van der Waals surface area contributed by atoms with Gasteiger partial charge in [0.25, 0.3) is 5.91 Å². The molecule has 1 heterocycles. The van der Waals surface area contributed by atoms with E-state index in [1.807, 2.05) is 0 Å². The predicted molar refractivity (Wildman–Crippen MR) is 126 cm³/mol. The number of benzene rings is 2. The van der Waals surface area contributed by atoms with E-state index in [-0.39, 0.29) is 23.8 Å². The Balaban J connectivity index is 1.76. The lowest BCUT2D eigenvalue weighted by atomic mass is 9.95. The molecule has 34 heavy (non-hydrogen) atoms. The Bertz CT molecular complexity index is 1040. The Hall–Kier alpha value is -2.66. The van der Waals surface area contributed by atoms with Crippen molar-refractivity contribution in [2.24, 2.45) is 0 Å². The van der Waals surface area contributed by atoms with Crippen molar-refractivity contribution in [1.29, 1.82) is 0 Å². The summed E-state index contributed by atoms with van der Waals surface area (Å²) in [6, 6.07) is 12.8. The van der Waals surface area contributed by atoms with Crippen LogP contribution in [0.4, 0.5) is 0 Å². The second-order valence-corrected chi connectivity index (χ2v) is 10.4. The summed E-state index contributed by atoms with van der Waals surface area (Å²) in [6.07, 6.45) is 0.719. The zero-order chi connectivity index (χ0) is 24.6. The summed E-state index contributed by atoms with van der Waals surface area (Å²) >= 11 is 0. The first kappa shape index (κ1) is 26.0. The van der Waals surface area contributed by atoms with Gasteiger partial charge < -0.3 is 19.5 Å².